The second-order valence-electron chi connectivity index (χ2n) is 6.22. The highest BCUT2D eigenvalue weighted by atomic mass is 32.1. The lowest BCUT2D eigenvalue weighted by atomic mass is 10.00. The van der Waals surface area contributed by atoms with Crippen LogP contribution in [0.4, 0.5) is 0 Å². The first-order chi connectivity index (χ1) is 10.9. The van der Waals surface area contributed by atoms with E-state index in [0.29, 0.717) is 12.2 Å². The summed E-state index contributed by atoms with van der Waals surface area (Å²) >= 11 is 4.19. The van der Waals surface area contributed by atoms with Crippen LogP contribution in [-0.4, -0.2) is 22.5 Å². The minimum absolute atomic E-state index is 0.179. The van der Waals surface area contributed by atoms with Gasteiger partial charge in [0.15, 0.2) is 0 Å². The smallest absolute Gasteiger partial charge is 0.323 e. The van der Waals surface area contributed by atoms with Gasteiger partial charge in [-0.15, -0.1) is 0 Å². The summed E-state index contributed by atoms with van der Waals surface area (Å²) in [6.07, 6.45) is 12.5. The van der Waals surface area contributed by atoms with Gasteiger partial charge in [0.1, 0.15) is 0 Å². The van der Waals surface area contributed by atoms with Crippen LogP contribution < -0.4 is 0 Å². The topological polar surface area (TPSA) is 53.5 Å². The van der Waals surface area contributed by atoms with Crippen molar-refractivity contribution in [2.75, 3.05) is 5.75 Å². The maximum atomic E-state index is 11.6. The average Bonchev–Trinajstić information content (AvgIpc) is 2.47. The van der Waals surface area contributed by atoms with E-state index in [1.54, 1.807) is 0 Å². The average molecular weight is 335 g/mol. The van der Waals surface area contributed by atoms with Crippen molar-refractivity contribution < 1.29 is 9.58 Å². The van der Waals surface area contributed by atoms with E-state index >= 15 is 0 Å². The van der Waals surface area contributed by atoms with E-state index in [1.165, 1.54) is 16.7 Å². The summed E-state index contributed by atoms with van der Waals surface area (Å²) in [7, 11) is 0. The van der Waals surface area contributed by atoms with Gasteiger partial charge in [0, 0.05) is 11.7 Å². The molecule has 0 fully saturated rings. The lowest BCUT2D eigenvalue weighted by molar-refractivity contribution is -0.118. The second-order valence-corrected chi connectivity index (χ2v) is 6.59. The van der Waals surface area contributed by atoms with Crippen molar-refractivity contribution in [3.05, 3.63) is 40.5 Å². The fraction of sp³-hybridized carbons (Fsp3) is 0.579. The summed E-state index contributed by atoms with van der Waals surface area (Å²) in [5.74, 6) is 0.0601. The molecule has 0 aliphatic carbocycles. The van der Waals surface area contributed by atoms with Crippen LogP contribution in [0.2, 0.25) is 0 Å². The maximum absolute atomic E-state index is 11.6. The molecule has 0 amide bonds. The van der Waals surface area contributed by atoms with Crippen molar-refractivity contribution in [2.45, 2.75) is 59.8 Å². The monoisotopic (exact) mass is 334 g/mol. The summed E-state index contributed by atoms with van der Waals surface area (Å²) in [5.41, 5.74) is 12.5. The fourth-order valence-electron chi connectivity index (χ4n) is 2.13. The van der Waals surface area contributed by atoms with Crippen molar-refractivity contribution in [3.63, 3.8) is 0 Å². The largest absolute Gasteiger partial charge is 0.361 e. The van der Waals surface area contributed by atoms with Crippen LogP contribution in [0.3, 0.4) is 0 Å². The lowest BCUT2D eigenvalue weighted by Crippen LogP contribution is -2.17. The van der Waals surface area contributed by atoms with Crippen molar-refractivity contribution >= 4 is 24.6 Å². The normalized spacial score (nSPS) is 13.3. The molecule has 4 heteroatoms. The molecule has 1 atom stereocenters. The van der Waals surface area contributed by atoms with Gasteiger partial charge in [-0.05, 0) is 59.8 Å². The van der Waals surface area contributed by atoms with E-state index in [1.807, 2.05) is 0 Å². The molecule has 3 nitrogen and oxygen atoms in total. The molecule has 128 valence electrons. The Balaban J connectivity index is 4.26. The van der Waals surface area contributed by atoms with Crippen molar-refractivity contribution in [3.8, 4) is 0 Å². The third-order valence-corrected chi connectivity index (χ3v) is 4.12. The summed E-state index contributed by atoms with van der Waals surface area (Å²) in [5, 5.41) is 0. The predicted molar refractivity (Wildman–Crippen MR) is 102 cm³/mol. The number of Topliss-reactive ketones (excluding diaryl/α,β-unsaturated/α-hetero) is 1. The number of hydrogen-bond donors (Lipinski definition) is 1. The molecule has 1 unspecified atom stereocenters. The molecule has 0 spiro atoms. The second kappa shape index (κ2) is 13.1. The molecular formula is C19H30N2OS. The van der Waals surface area contributed by atoms with Crippen LogP contribution in [0.15, 0.2) is 34.9 Å². The molecule has 0 saturated heterocycles. The van der Waals surface area contributed by atoms with E-state index in [-0.39, 0.29) is 11.7 Å². The minimum Gasteiger partial charge on any atom is -0.361 e. The SMILES string of the molecule is CC(C)=CCCC(C)=CCCC(C)=CCC(CS)C(=O)C=[N+]=[N-]. The zero-order valence-corrected chi connectivity index (χ0v) is 15.8. The van der Waals surface area contributed by atoms with Gasteiger partial charge < -0.3 is 5.53 Å². The number of carbonyl (C=O) groups is 1. The van der Waals surface area contributed by atoms with E-state index in [9.17, 15) is 4.79 Å². The van der Waals surface area contributed by atoms with Gasteiger partial charge in [-0.3, -0.25) is 4.79 Å². The Morgan fingerprint density at radius 2 is 1.61 bits per heavy atom. The molecule has 0 bridgehead atoms. The van der Waals surface area contributed by atoms with Crippen LogP contribution in [-0.2, 0) is 4.79 Å². The standard InChI is InChI=1S/C19H30N2OS/c1-15(2)7-5-8-16(3)9-6-10-17(4)11-12-18(14-23)19(22)13-21-20/h7,9,11,13,18,23H,5-6,8,10,12,14H2,1-4H3. The molecule has 0 aromatic rings. The summed E-state index contributed by atoms with van der Waals surface area (Å²) in [6, 6.07) is 0. The molecule has 0 aliphatic rings. The molecule has 0 aromatic heterocycles. The quantitative estimate of drug-likeness (QED) is 0.182. The molecular weight excluding hydrogens is 304 g/mol. The number of ketones is 1. The molecule has 0 rings (SSSR count). The summed E-state index contributed by atoms with van der Waals surface area (Å²) < 4.78 is 0. The van der Waals surface area contributed by atoms with Crippen LogP contribution in [0.1, 0.15) is 59.8 Å². The third kappa shape index (κ3) is 11.8. The first kappa shape index (κ1) is 21.6. The minimum atomic E-state index is -0.217. The Morgan fingerprint density at radius 3 is 2.13 bits per heavy atom. The van der Waals surface area contributed by atoms with Crippen LogP contribution >= 0.6 is 12.6 Å². The predicted octanol–water partition coefficient (Wildman–Crippen LogP) is 5.21. The molecule has 0 aliphatic heterocycles. The number of rotatable bonds is 11. The maximum Gasteiger partial charge on any atom is 0.323 e. The highest BCUT2D eigenvalue weighted by Crippen LogP contribution is 2.14. The number of hydrogen-bond acceptors (Lipinski definition) is 2. The first-order valence-electron chi connectivity index (χ1n) is 8.17. The first-order valence-corrected chi connectivity index (χ1v) is 8.80. The lowest BCUT2D eigenvalue weighted by Gasteiger charge is -2.06. The van der Waals surface area contributed by atoms with Crippen LogP contribution in [0.5, 0.6) is 0 Å². The van der Waals surface area contributed by atoms with Crippen LogP contribution in [0.25, 0.3) is 5.53 Å². The van der Waals surface area contributed by atoms with Crippen molar-refractivity contribution in [1.29, 1.82) is 0 Å². The van der Waals surface area contributed by atoms with Crippen molar-refractivity contribution in [1.82, 2.24) is 0 Å². The van der Waals surface area contributed by atoms with Gasteiger partial charge in [-0.2, -0.15) is 17.4 Å². The van der Waals surface area contributed by atoms with Crippen LogP contribution in [0, 0.1) is 5.92 Å². The number of allylic oxidation sites excluding steroid dienone is 6. The summed E-state index contributed by atoms with van der Waals surface area (Å²) in [6.45, 7) is 8.53. The van der Waals surface area contributed by atoms with E-state index < -0.39 is 0 Å². The number of nitrogens with zero attached hydrogens (tertiary/aromatic N) is 2. The number of thiol groups is 1. The van der Waals surface area contributed by atoms with Gasteiger partial charge in [-0.25, -0.2) is 0 Å². The zero-order valence-electron chi connectivity index (χ0n) is 14.9. The zero-order chi connectivity index (χ0) is 17.7. The summed E-state index contributed by atoms with van der Waals surface area (Å²) in [4.78, 5) is 14.4. The Kier molecular flexibility index (Phi) is 12.3. The van der Waals surface area contributed by atoms with Gasteiger partial charge in [-0.1, -0.05) is 34.9 Å². The van der Waals surface area contributed by atoms with Gasteiger partial charge in [0.2, 0.25) is 5.78 Å². The molecule has 0 radical (unpaired) electrons. The molecule has 0 N–H and O–H groups in total. The number of carbonyl (C=O) groups excluding carboxylic acids is 1. The third-order valence-electron chi connectivity index (χ3n) is 3.68. The fourth-order valence-corrected chi connectivity index (χ4v) is 2.45. The Hall–Kier alpha value is -1.38. The Labute approximate surface area is 146 Å². The van der Waals surface area contributed by atoms with Gasteiger partial charge in [0.05, 0.1) is 0 Å². The van der Waals surface area contributed by atoms with Gasteiger partial charge in [0.25, 0.3) is 0 Å². The molecule has 0 saturated carbocycles. The molecule has 23 heavy (non-hydrogen) atoms. The highest BCUT2D eigenvalue weighted by molar-refractivity contribution is 7.80. The highest BCUT2D eigenvalue weighted by Gasteiger charge is 2.16. The molecule has 0 aromatic carbocycles. The van der Waals surface area contributed by atoms with E-state index in [0.717, 1.165) is 31.9 Å². The van der Waals surface area contributed by atoms with Gasteiger partial charge >= 0.3 is 6.21 Å². The van der Waals surface area contributed by atoms with E-state index in [2.05, 4.69) is 63.3 Å². The molecule has 0 heterocycles. The van der Waals surface area contributed by atoms with E-state index in [4.69, 9.17) is 5.53 Å². The Bertz CT molecular complexity index is 507. The Morgan fingerprint density at radius 1 is 1.04 bits per heavy atom. The van der Waals surface area contributed by atoms with Crippen molar-refractivity contribution in [2.24, 2.45) is 5.92 Å².